The molecule has 0 aliphatic heterocycles. The molecule has 0 aliphatic carbocycles. The van der Waals surface area contributed by atoms with E-state index in [2.05, 4.69) is 26.1 Å². The molecular formula is C8H5BrN2O3S. The molecule has 2 aromatic heterocycles. The first-order valence-corrected chi connectivity index (χ1v) is 5.61. The Hall–Kier alpha value is -1.21. The van der Waals surface area contributed by atoms with E-state index < -0.39 is 5.97 Å². The smallest absolute Gasteiger partial charge is 0.312 e. The molecule has 2 heterocycles. The lowest BCUT2D eigenvalue weighted by Crippen LogP contribution is -1.99. The van der Waals surface area contributed by atoms with Gasteiger partial charge in [0, 0.05) is 9.85 Å². The van der Waals surface area contributed by atoms with Gasteiger partial charge < -0.3 is 9.63 Å². The van der Waals surface area contributed by atoms with Crippen LogP contribution in [0.15, 0.2) is 20.4 Å². The average molecular weight is 289 g/mol. The van der Waals surface area contributed by atoms with Crippen LogP contribution >= 0.6 is 27.3 Å². The highest BCUT2D eigenvalue weighted by Gasteiger charge is 2.12. The molecular weight excluding hydrogens is 284 g/mol. The van der Waals surface area contributed by atoms with Gasteiger partial charge in [0.15, 0.2) is 0 Å². The van der Waals surface area contributed by atoms with Gasteiger partial charge in [-0.3, -0.25) is 4.79 Å². The molecule has 0 fully saturated rings. The summed E-state index contributed by atoms with van der Waals surface area (Å²) in [5, 5.41) is 14.1. The Morgan fingerprint density at radius 2 is 2.47 bits per heavy atom. The van der Waals surface area contributed by atoms with E-state index in [1.807, 2.05) is 11.4 Å². The first-order valence-electron chi connectivity index (χ1n) is 3.94. The summed E-state index contributed by atoms with van der Waals surface area (Å²) in [6.45, 7) is 0. The number of hydrogen-bond acceptors (Lipinski definition) is 5. The molecule has 7 heteroatoms. The van der Waals surface area contributed by atoms with Crippen LogP contribution in [0.25, 0.3) is 10.7 Å². The van der Waals surface area contributed by atoms with Crippen molar-refractivity contribution in [1.82, 2.24) is 10.1 Å². The van der Waals surface area contributed by atoms with Gasteiger partial charge in [0.05, 0.1) is 4.88 Å². The number of rotatable bonds is 3. The van der Waals surface area contributed by atoms with Gasteiger partial charge in [-0.15, -0.1) is 11.3 Å². The standard InChI is InChI=1S/C8H5BrN2O3S/c9-4-1-5(15-3-4)8-10-6(14-11-8)2-7(12)13/h1,3H,2H2,(H,12,13). The molecule has 0 unspecified atom stereocenters. The zero-order valence-corrected chi connectivity index (χ0v) is 9.71. The number of halogens is 1. The lowest BCUT2D eigenvalue weighted by atomic mass is 10.4. The predicted molar refractivity (Wildman–Crippen MR) is 56.7 cm³/mol. The van der Waals surface area contributed by atoms with Crippen LogP contribution in [0, 0.1) is 0 Å². The maximum atomic E-state index is 10.4. The molecule has 2 aromatic rings. The summed E-state index contributed by atoms with van der Waals surface area (Å²) >= 11 is 4.76. The first-order chi connectivity index (χ1) is 7.15. The van der Waals surface area contributed by atoms with Gasteiger partial charge in [0.25, 0.3) is 0 Å². The summed E-state index contributed by atoms with van der Waals surface area (Å²) in [6, 6.07) is 1.85. The summed E-state index contributed by atoms with van der Waals surface area (Å²) in [4.78, 5) is 15.2. The van der Waals surface area contributed by atoms with Crippen molar-refractivity contribution in [3.05, 3.63) is 21.8 Å². The molecule has 0 aliphatic rings. The number of carboxylic acids is 1. The minimum absolute atomic E-state index is 0.113. The Bertz CT molecular complexity index is 494. The molecule has 0 spiro atoms. The Labute approximate surface area is 96.9 Å². The van der Waals surface area contributed by atoms with Crippen LogP contribution in [0.4, 0.5) is 0 Å². The van der Waals surface area contributed by atoms with E-state index >= 15 is 0 Å². The predicted octanol–water partition coefficient (Wildman–Crippen LogP) is 2.19. The number of aliphatic carboxylic acids is 1. The Balaban J connectivity index is 2.23. The summed E-state index contributed by atoms with van der Waals surface area (Å²) in [6.07, 6.45) is -0.250. The second-order valence-corrected chi connectivity index (χ2v) is 4.54. The highest BCUT2D eigenvalue weighted by molar-refractivity contribution is 9.10. The molecule has 0 saturated carbocycles. The molecule has 0 aromatic carbocycles. The van der Waals surface area contributed by atoms with Gasteiger partial charge in [0.1, 0.15) is 6.42 Å². The fourth-order valence-electron chi connectivity index (χ4n) is 0.986. The number of hydrogen-bond donors (Lipinski definition) is 1. The van der Waals surface area contributed by atoms with Crippen LogP contribution in [0.3, 0.4) is 0 Å². The van der Waals surface area contributed by atoms with Crippen LogP contribution in [-0.4, -0.2) is 21.2 Å². The van der Waals surface area contributed by atoms with Crippen molar-refractivity contribution in [2.24, 2.45) is 0 Å². The largest absolute Gasteiger partial charge is 0.481 e. The molecule has 1 N–H and O–H groups in total. The van der Waals surface area contributed by atoms with Crippen LogP contribution in [-0.2, 0) is 11.2 Å². The van der Waals surface area contributed by atoms with Gasteiger partial charge >= 0.3 is 5.97 Å². The van der Waals surface area contributed by atoms with Gasteiger partial charge in [-0.1, -0.05) is 5.16 Å². The number of carbonyl (C=O) groups is 1. The van der Waals surface area contributed by atoms with E-state index in [4.69, 9.17) is 9.63 Å². The van der Waals surface area contributed by atoms with Gasteiger partial charge in [-0.2, -0.15) is 4.98 Å². The van der Waals surface area contributed by atoms with Crippen LogP contribution < -0.4 is 0 Å². The summed E-state index contributed by atoms with van der Waals surface area (Å²) in [5.74, 6) is -0.457. The third-order valence-electron chi connectivity index (χ3n) is 1.56. The van der Waals surface area contributed by atoms with Crippen LogP contribution in [0.5, 0.6) is 0 Å². The minimum Gasteiger partial charge on any atom is -0.481 e. The third-order valence-corrected chi connectivity index (χ3v) is 3.25. The maximum Gasteiger partial charge on any atom is 0.312 e. The van der Waals surface area contributed by atoms with Crippen molar-refractivity contribution in [2.75, 3.05) is 0 Å². The quantitative estimate of drug-likeness (QED) is 0.937. The monoisotopic (exact) mass is 288 g/mol. The van der Waals surface area contributed by atoms with E-state index in [-0.39, 0.29) is 12.3 Å². The SMILES string of the molecule is O=C(O)Cc1nc(-c2cc(Br)cs2)no1. The molecule has 0 amide bonds. The second kappa shape index (κ2) is 4.11. The lowest BCUT2D eigenvalue weighted by Gasteiger charge is -1.84. The summed E-state index contributed by atoms with van der Waals surface area (Å²) in [5.41, 5.74) is 0. The van der Waals surface area contributed by atoms with E-state index in [9.17, 15) is 4.79 Å². The van der Waals surface area contributed by atoms with Gasteiger partial charge in [-0.05, 0) is 22.0 Å². The molecule has 78 valence electrons. The van der Waals surface area contributed by atoms with E-state index in [1.165, 1.54) is 11.3 Å². The van der Waals surface area contributed by atoms with Crippen molar-refractivity contribution >= 4 is 33.2 Å². The van der Waals surface area contributed by atoms with E-state index in [0.717, 1.165) is 9.35 Å². The topological polar surface area (TPSA) is 76.2 Å². The Morgan fingerprint density at radius 3 is 3.07 bits per heavy atom. The highest BCUT2D eigenvalue weighted by Crippen LogP contribution is 2.27. The molecule has 0 bridgehead atoms. The fourth-order valence-corrected chi connectivity index (χ4v) is 2.34. The van der Waals surface area contributed by atoms with Crippen LogP contribution in [0.2, 0.25) is 0 Å². The van der Waals surface area contributed by atoms with Crippen molar-refractivity contribution in [3.63, 3.8) is 0 Å². The van der Waals surface area contributed by atoms with Crippen LogP contribution in [0.1, 0.15) is 5.89 Å². The van der Waals surface area contributed by atoms with E-state index in [1.54, 1.807) is 0 Å². The zero-order chi connectivity index (χ0) is 10.8. The summed E-state index contributed by atoms with van der Waals surface area (Å²) in [7, 11) is 0. The average Bonchev–Trinajstić information content (AvgIpc) is 2.72. The molecule has 15 heavy (non-hydrogen) atoms. The maximum absolute atomic E-state index is 10.4. The first kappa shape index (κ1) is 10.3. The zero-order valence-electron chi connectivity index (χ0n) is 7.31. The highest BCUT2D eigenvalue weighted by atomic mass is 79.9. The molecule has 2 rings (SSSR count). The van der Waals surface area contributed by atoms with Crippen molar-refractivity contribution < 1.29 is 14.4 Å². The van der Waals surface area contributed by atoms with Gasteiger partial charge in [-0.25, -0.2) is 0 Å². The lowest BCUT2D eigenvalue weighted by molar-refractivity contribution is -0.136. The Morgan fingerprint density at radius 1 is 1.67 bits per heavy atom. The van der Waals surface area contributed by atoms with Crippen molar-refractivity contribution in [3.8, 4) is 10.7 Å². The molecule has 5 nitrogen and oxygen atoms in total. The third kappa shape index (κ3) is 2.42. The Kier molecular flexibility index (Phi) is 2.83. The van der Waals surface area contributed by atoms with Crippen molar-refractivity contribution in [1.29, 1.82) is 0 Å². The van der Waals surface area contributed by atoms with Crippen molar-refractivity contribution in [2.45, 2.75) is 6.42 Å². The number of thiophene rings is 1. The van der Waals surface area contributed by atoms with Gasteiger partial charge in [0.2, 0.25) is 11.7 Å². The summed E-state index contributed by atoms with van der Waals surface area (Å²) < 4.78 is 5.73. The minimum atomic E-state index is -0.988. The fraction of sp³-hybridized carbons (Fsp3) is 0.125. The molecule has 0 atom stereocenters. The number of carboxylic acid groups (broad SMARTS) is 1. The molecule has 0 radical (unpaired) electrons. The normalized spacial score (nSPS) is 10.5. The second-order valence-electron chi connectivity index (χ2n) is 2.71. The molecule has 0 saturated heterocycles. The number of nitrogens with zero attached hydrogens (tertiary/aromatic N) is 2. The number of aromatic nitrogens is 2. The van der Waals surface area contributed by atoms with E-state index in [0.29, 0.717) is 5.82 Å².